The molecule has 13 heavy (non-hydrogen) atoms. The molecule has 0 fully saturated rings. The molecule has 0 aromatic carbocycles. The molecule has 3 heteroatoms. The maximum Gasteiger partial charge on any atom is 0.223 e. The molecule has 0 spiro atoms. The largest absolute Gasteiger partial charge is 0.369 e. The Labute approximate surface area is 75.8 Å². The lowest BCUT2D eigenvalue weighted by Crippen LogP contribution is -2.14. The van der Waals surface area contributed by atoms with Crippen molar-refractivity contribution in [3.05, 3.63) is 42.2 Å². The summed E-state index contributed by atoms with van der Waals surface area (Å²) in [6.07, 6.45) is 2.21. The minimum absolute atomic E-state index is 0.290. The van der Waals surface area contributed by atoms with E-state index in [2.05, 4.69) is 0 Å². The Morgan fingerprint density at radius 1 is 1.31 bits per heavy atom. The van der Waals surface area contributed by atoms with E-state index in [-0.39, 0.29) is 12.3 Å². The molecular formula is C10H10N2O. The summed E-state index contributed by atoms with van der Waals surface area (Å²) in [6.45, 7) is 0. The normalized spacial score (nSPS) is 10.5. The van der Waals surface area contributed by atoms with Crippen LogP contribution in [0.25, 0.3) is 5.52 Å². The van der Waals surface area contributed by atoms with Crippen molar-refractivity contribution in [1.29, 1.82) is 0 Å². The first-order valence-electron chi connectivity index (χ1n) is 4.10. The summed E-state index contributed by atoms with van der Waals surface area (Å²) >= 11 is 0. The summed E-state index contributed by atoms with van der Waals surface area (Å²) in [6, 6.07) is 9.77. The van der Waals surface area contributed by atoms with E-state index in [9.17, 15) is 4.79 Å². The molecule has 2 aromatic heterocycles. The van der Waals surface area contributed by atoms with Crippen LogP contribution < -0.4 is 5.73 Å². The van der Waals surface area contributed by atoms with Gasteiger partial charge in [-0.25, -0.2) is 0 Å². The second-order valence-electron chi connectivity index (χ2n) is 2.96. The van der Waals surface area contributed by atoms with E-state index >= 15 is 0 Å². The fraction of sp³-hybridized carbons (Fsp3) is 0.100. The average molecular weight is 174 g/mol. The fourth-order valence-electron chi connectivity index (χ4n) is 1.44. The van der Waals surface area contributed by atoms with Gasteiger partial charge in [0.1, 0.15) is 0 Å². The third kappa shape index (κ3) is 1.40. The number of hydrogen-bond donors (Lipinski definition) is 1. The van der Waals surface area contributed by atoms with Crippen LogP contribution in [0.4, 0.5) is 0 Å². The molecule has 0 radical (unpaired) electrons. The van der Waals surface area contributed by atoms with Crippen molar-refractivity contribution in [3.8, 4) is 0 Å². The van der Waals surface area contributed by atoms with Crippen molar-refractivity contribution in [2.24, 2.45) is 5.73 Å². The number of hydrogen-bond acceptors (Lipinski definition) is 1. The summed E-state index contributed by atoms with van der Waals surface area (Å²) in [5.41, 5.74) is 7.14. The molecule has 2 N–H and O–H groups in total. The van der Waals surface area contributed by atoms with Gasteiger partial charge in [-0.2, -0.15) is 0 Å². The fourth-order valence-corrected chi connectivity index (χ4v) is 1.44. The second kappa shape index (κ2) is 2.94. The summed E-state index contributed by atoms with van der Waals surface area (Å²) < 4.78 is 1.96. The standard InChI is InChI=1S/C10H10N2O/c11-10(13)7-9-5-4-8-3-1-2-6-12(8)9/h1-6H,7H2,(H2,11,13). The van der Waals surface area contributed by atoms with Gasteiger partial charge in [-0.3, -0.25) is 4.79 Å². The molecule has 1 amide bonds. The van der Waals surface area contributed by atoms with Gasteiger partial charge in [0, 0.05) is 17.4 Å². The molecular weight excluding hydrogens is 164 g/mol. The number of pyridine rings is 1. The van der Waals surface area contributed by atoms with Crippen molar-refractivity contribution in [2.45, 2.75) is 6.42 Å². The quantitative estimate of drug-likeness (QED) is 0.724. The first-order valence-corrected chi connectivity index (χ1v) is 4.10. The molecule has 2 aromatic rings. The Hall–Kier alpha value is -1.77. The van der Waals surface area contributed by atoms with Gasteiger partial charge in [0.25, 0.3) is 0 Å². The van der Waals surface area contributed by atoms with Gasteiger partial charge < -0.3 is 10.1 Å². The summed E-state index contributed by atoms with van der Waals surface area (Å²) in [7, 11) is 0. The van der Waals surface area contributed by atoms with E-state index in [4.69, 9.17) is 5.73 Å². The Bertz CT molecular complexity index is 445. The van der Waals surface area contributed by atoms with E-state index in [1.807, 2.05) is 40.9 Å². The highest BCUT2D eigenvalue weighted by Crippen LogP contribution is 2.09. The summed E-state index contributed by atoms with van der Waals surface area (Å²) in [5, 5.41) is 0. The van der Waals surface area contributed by atoms with Crippen LogP contribution >= 0.6 is 0 Å². The molecule has 2 heterocycles. The number of fused-ring (bicyclic) bond motifs is 1. The minimum Gasteiger partial charge on any atom is -0.369 e. The zero-order valence-electron chi connectivity index (χ0n) is 7.10. The van der Waals surface area contributed by atoms with Crippen molar-refractivity contribution < 1.29 is 4.79 Å². The van der Waals surface area contributed by atoms with Crippen LogP contribution in [0.2, 0.25) is 0 Å². The molecule has 0 aliphatic carbocycles. The predicted octanol–water partition coefficient (Wildman–Crippen LogP) is 0.967. The highest BCUT2D eigenvalue weighted by Gasteiger charge is 2.02. The predicted molar refractivity (Wildman–Crippen MR) is 50.3 cm³/mol. The monoisotopic (exact) mass is 174 g/mol. The second-order valence-corrected chi connectivity index (χ2v) is 2.96. The Balaban J connectivity index is 2.51. The molecule has 0 unspecified atom stereocenters. The third-order valence-electron chi connectivity index (χ3n) is 2.00. The van der Waals surface area contributed by atoms with Gasteiger partial charge in [-0.15, -0.1) is 0 Å². The van der Waals surface area contributed by atoms with Gasteiger partial charge in [0.05, 0.1) is 6.42 Å². The molecule has 66 valence electrons. The zero-order valence-corrected chi connectivity index (χ0v) is 7.10. The van der Waals surface area contributed by atoms with Crippen molar-refractivity contribution in [1.82, 2.24) is 4.40 Å². The van der Waals surface area contributed by atoms with Crippen LogP contribution in [0, 0.1) is 0 Å². The number of aromatic nitrogens is 1. The Morgan fingerprint density at radius 2 is 2.15 bits per heavy atom. The first kappa shape index (κ1) is 7.86. The van der Waals surface area contributed by atoms with Crippen LogP contribution in [0.1, 0.15) is 5.69 Å². The maximum absolute atomic E-state index is 10.7. The third-order valence-corrected chi connectivity index (χ3v) is 2.00. The lowest BCUT2D eigenvalue weighted by atomic mass is 10.3. The lowest BCUT2D eigenvalue weighted by Gasteiger charge is -1.98. The van der Waals surface area contributed by atoms with Crippen molar-refractivity contribution in [2.75, 3.05) is 0 Å². The molecule has 0 bridgehead atoms. The van der Waals surface area contributed by atoms with E-state index in [0.717, 1.165) is 11.2 Å². The maximum atomic E-state index is 10.7. The van der Waals surface area contributed by atoms with Gasteiger partial charge in [-0.1, -0.05) is 6.07 Å². The van der Waals surface area contributed by atoms with Crippen molar-refractivity contribution >= 4 is 11.4 Å². The number of carbonyl (C=O) groups excluding carboxylic acids is 1. The Kier molecular flexibility index (Phi) is 1.77. The molecule has 0 aliphatic heterocycles. The van der Waals surface area contributed by atoms with E-state index in [0.29, 0.717) is 0 Å². The van der Waals surface area contributed by atoms with Crippen LogP contribution in [0.5, 0.6) is 0 Å². The molecule has 0 aliphatic rings. The number of primary amides is 1. The molecule has 0 atom stereocenters. The highest BCUT2D eigenvalue weighted by atomic mass is 16.1. The SMILES string of the molecule is NC(=O)Cc1ccc2ccccn12. The van der Waals surface area contributed by atoms with Gasteiger partial charge >= 0.3 is 0 Å². The lowest BCUT2D eigenvalue weighted by molar-refractivity contribution is -0.117. The van der Waals surface area contributed by atoms with Crippen LogP contribution in [0.15, 0.2) is 36.5 Å². The number of nitrogens with zero attached hydrogens (tertiary/aromatic N) is 1. The summed E-state index contributed by atoms with van der Waals surface area (Å²) in [5.74, 6) is -0.302. The highest BCUT2D eigenvalue weighted by molar-refractivity contribution is 5.76. The van der Waals surface area contributed by atoms with E-state index < -0.39 is 0 Å². The summed E-state index contributed by atoms with van der Waals surface area (Å²) in [4.78, 5) is 10.7. The first-order chi connectivity index (χ1) is 6.27. The van der Waals surface area contributed by atoms with Crippen LogP contribution in [-0.4, -0.2) is 10.3 Å². The number of carbonyl (C=O) groups is 1. The average Bonchev–Trinajstić information content (AvgIpc) is 2.48. The van der Waals surface area contributed by atoms with Crippen LogP contribution in [0.3, 0.4) is 0 Å². The zero-order chi connectivity index (χ0) is 9.26. The smallest absolute Gasteiger partial charge is 0.223 e. The number of amides is 1. The van der Waals surface area contributed by atoms with Gasteiger partial charge in [-0.05, 0) is 24.3 Å². The Morgan fingerprint density at radius 3 is 2.92 bits per heavy atom. The topological polar surface area (TPSA) is 47.5 Å². The van der Waals surface area contributed by atoms with Crippen LogP contribution in [-0.2, 0) is 11.2 Å². The minimum atomic E-state index is -0.302. The van der Waals surface area contributed by atoms with Gasteiger partial charge in [0.2, 0.25) is 5.91 Å². The number of nitrogens with two attached hydrogens (primary N) is 1. The molecule has 2 rings (SSSR count). The molecule has 0 saturated carbocycles. The van der Waals surface area contributed by atoms with Crippen molar-refractivity contribution in [3.63, 3.8) is 0 Å². The van der Waals surface area contributed by atoms with E-state index in [1.54, 1.807) is 0 Å². The van der Waals surface area contributed by atoms with E-state index in [1.165, 1.54) is 0 Å². The molecule has 3 nitrogen and oxygen atoms in total. The van der Waals surface area contributed by atoms with Gasteiger partial charge in [0.15, 0.2) is 0 Å². The molecule has 0 saturated heterocycles. The number of rotatable bonds is 2.